The van der Waals surface area contributed by atoms with Crippen molar-refractivity contribution in [2.75, 3.05) is 20.3 Å². The maximum absolute atomic E-state index is 12.7. The van der Waals surface area contributed by atoms with Crippen LogP contribution in [0.4, 0.5) is 9.18 Å². The third kappa shape index (κ3) is 4.65. The summed E-state index contributed by atoms with van der Waals surface area (Å²) < 4.78 is 26.7. The van der Waals surface area contributed by atoms with Gasteiger partial charge in [-0.15, -0.1) is 4.39 Å². The highest BCUT2D eigenvalue weighted by molar-refractivity contribution is 8.15. The van der Waals surface area contributed by atoms with Gasteiger partial charge in [-0.05, 0) is 25.7 Å². The number of carbonyl (C=O) groups is 1. The van der Waals surface area contributed by atoms with Gasteiger partial charge in [0.1, 0.15) is 0 Å². The molecule has 9 heteroatoms. The summed E-state index contributed by atoms with van der Waals surface area (Å²) in [6, 6.07) is -0.0427. The summed E-state index contributed by atoms with van der Waals surface area (Å²) in [4.78, 5) is 10.7. The molecule has 0 aromatic carbocycles. The van der Waals surface area contributed by atoms with E-state index in [9.17, 15) is 9.18 Å². The van der Waals surface area contributed by atoms with Crippen LogP contribution in [0, 0.1) is 5.41 Å². The van der Waals surface area contributed by atoms with Gasteiger partial charge in [-0.2, -0.15) is 4.08 Å². The van der Waals surface area contributed by atoms with Crippen LogP contribution in [0.25, 0.3) is 0 Å². The molecule has 1 amide bonds. The van der Waals surface area contributed by atoms with Crippen molar-refractivity contribution >= 4 is 36.7 Å². The molecule has 19 heavy (non-hydrogen) atoms. The Kier molecular flexibility index (Phi) is 5.81. The molecule has 112 valence electrons. The molecule has 0 unspecified atom stereocenters. The zero-order valence-corrected chi connectivity index (χ0v) is 14.3. The second-order valence-corrected chi connectivity index (χ2v) is 10.1. The van der Waals surface area contributed by atoms with Crippen molar-refractivity contribution in [3.63, 3.8) is 0 Å². The maximum Gasteiger partial charge on any atom is 0.410 e. The number of nitrogens with zero attached hydrogens (tertiary/aromatic N) is 2. The largest absolute Gasteiger partial charge is 0.410 e. The van der Waals surface area contributed by atoms with E-state index in [0.717, 1.165) is 16.4 Å². The smallest absolute Gasteiger partial charge is 0.317 e. The fourth-order valence-corrected chi connectivity index (χ4v) is 5.80. The number of halogens is 1. The molecular formula is C10H20FN2O3PS2. The monoisotopic (exact) mass is 330 g/mol. The molecule has 0 radical (unpaired) electrons. The van der Waals surface area contributed by atoms with Gasteiger partial charge in [-0.25, -0.2) is 9.10 Å². The molecular weight excluding hydrogens is 310 g/mol. The first kappa shape index (κ1) is 17.3. The molecule has 0 aromatic rings. The van der Waals surface area contributed by atoms with E-state index >= 15 is 0 Å². The summed E-state index contributed by atoms with van der Waals surface area (Å²) in [6.45, 7) is 6.12. The maximum atomic E-state index is 12.7. The van der Waals surface area contributed by atoms with Gasteiger partial charge in [0.25, 0.3) is 6.64 Å². The van der Waals surface area contributed by atoms with Crippen molar-refractivity contribution in [3.8, 4) is 0 Å². The molecule has 0 atom stereocenters. The lowest BCUT2D eigenvalue weighted by atomic mass is 9.97. The molecule has 1 saturated heterocycles. The number of amides is 1. The van der Waals surface area contributed by atoms with E-state index in [-0.39, 0.29) is 11.5 Å². The third-order valence-electron chi connectivity index (χ3n) is 2.37. The van der Waals surface area contributed by atoms with Gasteiger partial charge in [0.2, 0.25) is 0 Å². The highest BCUT2D eigenvalue weighted by atomic mass is 32.5. The molecule has 1 heterocycles. The lowest BCUT2D eigenvalue weighted by molar-refractivity contribution is 0.0487. The van der Waals surface area contributed by atoms with Gasteiger partial charge >= 0.3 is 6.16 Å². The van der Waals surface area contributed by atoms with E-state index in [4.69, 9.17) is 20.9 Å². The van der Waals surface area contributed by atoms with Crippen LogP contribution in [0.2, 0.25) is 0 Å². The van der Waals surface area contributed by atoms with Crippen LogP contribution in [0.3, 0.4) is 0 Å². The molecule has 0 bridgehead atoms. The van der Waals surface area contributed by atoms with Crippen molar-refractivity contribution in [2.45, 2.75) is 33.7 Å². The second kappa shape index (κ2) is 6.37. The van der Waals surface area contributed by atoms with Crippen molar-refractivity contribution in [3.05, 3.63) is 0 Å². The molecule has 5 nitrogen and oxygen atoms in total. The standard InChI is InChI=1S/C10H20FN2O3PS2/c1-8(2)13(19-12(5)9(11)14)17(18)15-6-10(3,4)7-16-17/h8H,6-7H2,1-5H3. The first-order chi connectivity index (χ1) is 8.57. The van der Waals surface area contributed by atoms with E-state index in [1.165, 1.54) is 7.05 Å². The minimum absolute atomic E-state index is 0.0427. The van der Waals surface area contributed by atoms with Crippen molar-refractivity contribution in [1.82, 2.24) is 8.38 Å². The van der Waals surface area contributed by atoms with Crippen LogP contribution in [-0.4, -0.2) is 40.8 Å². The quantitative estimate of drug-likeness (QED) is 0.340. The number of hydrogen-bond donors (Lipinski definition) is 0. The summed E-state index contributed by atoms with van der Waals surface area (Å²) in [5, 5.41) is 0. The van der Waals surface area contributed by atoms with E-state index in [1.54, 1.807) is 4.08 Å². The normalized spacial score (nSPS) is 21.7. The van der Waals surface area contributed by atoms with Gasteiger partial charge < -0.3 is 9.05 Å². The Bertz CT molecular complexity index is 381. The Hall–Kier alpha value is 0.280. The SMILES string of the molecule is CC(C)N(SN(C)C(=O)F)P1(=S)OCC(C)(C)CO1. The Balaban J connectivity index is 2.82. The topological polar surface area (TPSA) is 42.0 Å². The van der Waals surface area contributed by atoms with Gasteiger partial charge in [0.15, 0.2) is 0 Å². The van der Waals surface area contributed by atoms with Crippen LogP contribution in [0.1, 0.15) is 27.7 Å². The van der Waals surface area contributed by atoms with Crippen LogP contribution in [-0.2, 0) is 20.9 Å². The minimum Gasteiger partial charge on any atom is -0.317 e. The lowest BCUT2D eigenvalue weighted by Gasteiger charge is -2.42. The Morgan fingerprint density at radius 3 is 2.26 bits per heavy atom. The molecule has 0 saturated carbocycles. The van der Waals surface area contributed by atoms with Crippen LogP contribution < -0.4 is 0 Å². The average Bonchev–Trinajstić information content (AvgIpc) is 2.29. The first-order valence-electron chi connectivity index (χ1n) is 5.87. The fraction of sp³-hybridized carbons (Fsp3) is 0.900. The van der Waals surface area contributed by atoms with Gasteiger partial charge in [0, 0.05) is 18.5 Å². The van der Waals surface area contributed by atoms with E-state index in [0.29, 0.717) is 13.2 Å². The molecule has 0 aromatic heterocycles. The molecule has 1 aliphatic heterocycles. The van der Waals surface area contributed by atoms with E-state index in [1.807, 2.05) is 27.7 Å². The van der Waals surface area contributed by atoms with Crippen LogP contribution in [0.5, 0.6) is 0 Å². The summed E-state index contributed by atoms with van der Waals surface area (Å²) >= 11 is 6.37. The Morgan fingerprint density at radius 1 is 1.42 bits per heavy atom. The molecule has 0 aliphatic carbocycles. The number of hydrogen-bond acceptors (Lipinski definition) is 5. The summed E-state index contributed by atoms with van der Waals surface area (Å²) in [6.07, 6.45) is -1.53. The lowest BCUT2D eigenvalue weighted by Crippen LogP contribution is -2.36. The Morgan fingerprint density at radius 2 is 1.89 bits per heavy atom. The van der Waals surface area contributed by atoms with Crippen LogP contribution >= 0.6 is 18.8 Å². The second-order valence-electron chi connectivity index (χ2n) is 5.41. The summed E-state index contributed by atoms with van der Waals surface area (Å²) in [7, 11) is 1.34. The predicted molar refractivity (Wildman–Crippen MR) is 78.8 cm³/mol. The highest BCUT2D eigenvalue weighted by Crippen LogP contribution is 2.60. The molecule has 0 N–H and O–H groups in total. The predicted octanol–water partition coefficient (Wildman–Crippen LogP) is 3.58. The van der Waals surface area contributed by atoms with Crippen molar-refractivity contribution in [1.29, 1.82) is 0 Å². The fourth-order valence-electron chi connectivity index (χ4n) is 1.28. The van der Waals surface area contributed by atoms with Crippen molar-refractivity contribution < 1.29 is 18.2 Å². The molecule has 1 fully saturated rings. The third-order valence-corrected chi connectivity index (χ3v) is 7.54. The molecule has 1 rings (SSSR count). The molecule has 0 spiro atoms. The zero-order chi connectivity index (χ0) is 14.8. The molecule has 1 aliphatic rings. The average molecular weight is 330 g/mol. The highest BCUT2D eigenvalue weighted by Gasteiger charge is 2.40. The van der Waals surface area contributed by atoms with E-state index < -0.39 is 12.8 Å². The van der Waals surface area contributed by atoms with Gasteiger partial charge in [-0.1, -0.05) is 13.8 Å². The first-order valence-corrected chi connectivity index (χ1v) is 9.20. The number of rotatable bonds is 4. The van der Waals surface area contributed by atoms with E-state index in [2.05, 4.69) is 0 Å². The van der Waals surface area contributed by atoms with Crippen LogP contribution in [0.15, 0.2) is 0 Å². The van der Waals surface area contributed by atoms with Crippen molar-refractivity contribution in [2.24, 2.45) is 5.41 Å². The zero-order valence-electron chi connectivity index (χ0n) is 11.8. The summed E-state index contributed by atoms with van der Waals surface area (Å²) in [5.74, 6) is 0. The Labute approximate surface area is 123 Å². The summed E-state index contributed by atoms with van der Waals surface area (Å²) in [5.41, 5.74) is -0.0859. The minimum atomic E-state index is -2.68. The van der Waals surface area contributed by atoms with Gasteiger partial charge in [0.05, 0.1) is 25.3 Å². The number of carbonyl (C=O) groups excluding carboxylic acids is 1. The van der Waals surface area contributed by atoms with Gasteiger partial charge in [-0.3, -0.25) is 0 Å².